The normalized spacial score (nSPS) is 10.8. The molecule has 1 aromatic heterocycles. The lowest BCUT2D eigenvalue weighted by Crippen LogP contribution is -2.23. The quantitative estimate of drug-likeness (QED) is 0.627. The maximum absolute atomic E-state index is 11.6. The van der Waals surface area contributed by atoms with Crippen molar-refractivity contribution in [2.45, 2.75) is 39.8 Å². The Hall–Kier alpha value is -2.82. The number of rotatable bonds is 8. The van der Waals surface area contributed by atoms with Crippen LogP contribution in [-0.2, 0) is 17.9 Å². The number of nitrogens with one attached hydrogen (secondary N) is 1. The second-order valence-electron chi connectivity index (χ2n) is 6.27. The number of aromatic nitrogens is 2. The van der Waals surface area contributed by atoms with Gasteiger partial charge in [-0.15, -0.1) is 0 Å². The number of amides is 1. The van der Waals surface area contributed by atoms with Gasteiger partial charge in [0.25, 0.3) is 0 Å². The third-order valence-electron chi connectivity index (χ3n) is 4.38. The van der Waals surface area contributed by atoms with Gasteiger partial charge in [0.1, 0.15) is 11.6 Å². The van der Waals surface area contributed by atoms with Crippen LogP contribution in [0, 0.1) is 6.92 Å². The second-order valence-corrected chi connectivity index (χ2v) is 6.27. The molecule has 0 aliphatic heterocycles. The van der Waals surface area contributed by atoms with Crippen molar-refractivity contribution >= 4 is 16.9 Å². The molecule has 5 heteroatoms. The van der Waals surface area contributed by atoms with Gasteiger partial charge in [-0.1, -0.05) is 37.3 Å². The first-order valence-electron chi connectivity index (χ1n) is 9.08. The minimum Gasteiger partial charge on any atom is -0.493 e. The Bertz CT molecular complexity index is 886. The van der Waals surface area contributed by atoms with E-state index in [1.165, 1.54) is 0 Å². The Labute approximate surface area is 154 Å². The largest absolute Gasteiger partial charge is 0.493 e. The number of imidazole rings is 1. The van der Waals surface area contributed by atoms with Gasteiger partial charge in [-0.25, -0.2) is 4.98 Å². The first-order chi connectivity index (χ1) is 12.7. The van der Waals surface area contributed by atoms with Crippen LogP contribution < -0.4 is 10.1 Å². The fourth-order valence-electron chi connectivity index (χ4n) is 2.94. The molecule has 2 aromatic carbocycles. The monoisotopic (exact) mass is 351 g/mol. The van der Waals surface area contributed by atoms with E-state index in [0.717, 1.165) is 41.1 Å². The molecule has 0 aliphatic carbocycles. The van der Waals surface area contributed by atoms with Crippen LogP contribution >= 0.6 is 0 Å². The molecule has 0 radical (unpaired) electrons. The highest BCUT2D eigenvalue weighted by molar-refractivity contribution is 5.77. The number of para-hydroxylation sites is 3. The molecule has 26 heavy (non-hydrogen) atoms. The van der Waals surface area contributed by atoms with Gasteiger partial charge in [0.15, 0.2) is 0 Å². The highest BCUT2D eigenvalue weighted by Crippen LogP contribution is 2.18. The van der Waals surface area contributed by atoms with Gasteiger partial charge in [0.2, 0.25) is 5.91 Å². The van der Waals surface area contributed by atoms with Crippen molar-refractivity contribution in [3.63, 3.8) is 0 Å². The molecule has 1 amide bonds. The molecule has 3 aromatic rings. The van der Waals surface area contributed by atoms with E-state index in [-0.39, 0.29) is 5.91 Å². The number of aryl methyl sites for hydroxylation is 2. The number of fused-ring (bicyclic) bond motifs is 1. The van der Waals surface area contributed by atoms with Crippen LogP contribution in [0.1, 0.15) is 31.2 Å². The van der Waals surface area contributed by atoms with Gasteiger partial charge in [-0.2, -0.15) is 0 Å². The van der Waals surface area contributed by atoms with Crippen LogP contribution in [0.2, 0.25) is 0 Å². The molecular formula is C21H25N3O2. The topological polar surface area (TPSA) is 56.2 Å². The van der Waals surface area contributed by atoms with E-state index < -0.39 is 0 Å². The molecular weight excluding hydrogens is 326 g/mol. The van der Waals surface area contributed by atoms with Crippen LogP contribution in [0.3, 0.4) is 0 Å². The van der Waals surface area contributed by atoms with Crippen LogP contribution in [0.15, 0.2) is 48.5 Å². The molecule has 136 valence electrons. The lowest BCUT2D eigenvalue weighted by Gasteiger charge is -2.12. The predicted octanol–water partition coefficient (Wildman–Crippen LogP) is 3.84. The van der Waals surface area contributed by atoms with E-state index in [1.807, 2.05) is 56.3 Å². The molecule has 0 atom stereocenters. The molecule has 3 rings (SSSR count). The third-order valence-corrected chi connectivity index (χ3v) is 4.38. The molecule has 0 fully saturated rings. The van der Waals surface area contributed by atoms with E-state index in [4.69, 9.17) is 4.74 Å². The minimum absolute atomic E-state index is 0.0338. The summed E-state index contributed by atoms with van der Waals surface area (Å²) >= 11 is 0. The van der Waals surface area contributed by atoms with Crippen molar-refractivity contribution in [2.24, 2.45) is 0 Å². The summed E-state index contributed by atoms with van der Waals surface area (Å²) in [5.41, 5.74) is 3.18. The smallest absolute Gasteiger partial charge is 0.220 e. The van der Waals surface area contributed by atoms with E-state index in [1.54, 1.807) is 0 Å². The Morgan fingerprint density at radius 3 is 2.73 bits per heavy atom. The number of carbonyl (C=O) groups is 1. The van der Waals surface area contributed by atoms with E-state index >= 15 is 0 Å². The minimum atomic E-state index is 0.0338. The first-order valence-corrected chi connectivity index (χ1v) is 9.08. The number of hydrogen-bond acceptors (Lipinski definition) is 3. The van der Waals surface area contributed by atoms with E-state index in [2.05, 4.69) is 20.9 Å². The third kappa shape index (κ3) is 4.23. The van der Waals surface area contributed by atoms with Gasteiger partial charge >= 0.3 is 0 Å². The van der Waals surface area contributed by atoms with Gasteiger partial charge in [-0.3, -0.25) is 4.79 Å². The number of hydrogen-bond donors (Lipinski definition) is 1. The van der Waals surface area contributed by atoms with Gasteiger partial charge in [0.05, 0.1) is 24.2 Å². The first kappa shape index (κ1) is 18.0. The van der Waals surface area contributed by atoms with Crippen LogP contribution in [0.5, 0.6) is 5.75 Å². The zero-order chi connectivity index (χ0) is 18.4. The van der Waals surface area contributed by atoms with Gasteiger partial charge < -0.3 is 14.6 Å². The van der Waals surface area contributed by atoms with Crippen molar-refractivity contribution < 1.29 is 9.53 Å². The molecule has 1 N–H and O–H groups in total. The summed E-state index contributed by atoms with van der Waals surface area (Å²) in [5.74, 6) is 1.84. The Balaban J connectivity index is 1.67. The molecule has 0 saturated heterocycles. The SMILES string of the molecule is CCC(=O)NCc1nc2ccccc2n1CCCOc1ccccc1C. The lowest BCUT2D eigenvalue weighted by molar-refractivity contribution is -0.120. The fourth-order valence-corrected chi connectivity index (χ4v) is 2.94. The zero-order valence-corrected chi connectivity index (χ0v) is 15.4. The average molecular weight is 351 g/mol. The lowest BCUT2D eigenvalue weighted by atomic mass is 10.2. The molecule has 0 saturated carbocycles. The molecule has 0 spiro atoms. The molecule has 0 aliphatic rings. The molecule has 5 nitrogen and oxygen atoms in total. The number of carbonyl (C=O) groups excluding carboxylic acids is 1. The Kier molecular flexibility index (Phi) is 5.89. The number of benzene rings is 2. The summed E-state index contributed by atoms with van der Waals surface area (Å²) in [6.45, 7) is 5.77. The van der Waals surface area contributed by atoms with Crippen LogP contribution in [0.25, 0.3) is 11.0 Å². The van der Waals surface area contributed by atoms with E-state index in [0.29, 0.717) is 19.6 Å². The molecule has 0 bridgehead atoms. The highest BCUT2D eigenvalue weighted by Gasteiger charge is 2.11. The summed E-state index contributed by atoms with van der Waals surface area (Å²) in [6, 6.07) is 16.1. The average Bonchev–Trinajstić information content (AvgIpc) is 3.02. The standard InChI is InChI=1S/C21H25N3O2/c1-3-21(25)22-15-20-23-17-10-5-6-11-18(17)24(20)13-8-14-26-19-12-7-4-9-16(19)2/h4-7,9-12H,3,8,13-15H2,1-2H3,(H,22,25). The zero-order valence-electron chi connectivity index (χ0n) is 15.4. The Morgan fingerprint density at radius 2 is 1.92 bits per heavy atom. The van der Waals surface area contributed by atoms with Crippen molar-refractivity contribution in [3.05, 3.63) is 59.9 Å². The molecule has 0 unspecified atom stereocenters. The van der Waals surface area contributed by atoms with Crippen molar-refractivity contribution in [1.82, 2.24) is 14.9 Å². The van der Waals surface area contributed by atoms with Gasteiger partial charge in [-0.05, 0) is 37.1 Å². The Morgan fingerprint density at radius 1 is 1.15 bits per heavy atom. The summed E-state index contributed by atoms with van der Waals surface area (Å²) < 4.78 is 8.07. The summed E-state index contributed by atoms with van der Waals surface area (Å²) in [5, 5.41) is 2.92. The van der Waals surface area contributed by atoms with Crippen LogP contribution in [0.4, 0.5) is 0 Å². The fraction of sp³-hybridized carbons (Fsp3) is 0.333. The van der Waals surface area contributed by atoms with E-state index in [9.17, 15) is 4.79 Å². The predicted molar refractivity (Wildman–Crippen MR) is 103 cm³/mol. The maximum Gasteiger partial charge on any atom is 0.220 e. The van der Waals surface area contributed by atoms with Gasteiger partial charge in [0, 0.05) is 13.0 Å². The molecule has 1 heterocycles. The second kappa shape index (κ2) is 8.52. The summed E-state index contributed by atoms with van der Waals surface area (Å²) in [7, 11) is 0. The van der Waals surface area contributed by atoms with Crippen molar-refractivity contribution in [3.8, 4) is 5.75 Å². The van der Waals surface area contributed by atoms with Crippen molar-refractivity contribution in [2.75, 3.05) is 6.61 Å². The summed E-state index contributed by atoms with van der Waals surface area (Å²) in [6.07, 6.45) is 1.34. The number of nitrogens with zero attached hydrogens (tertiary/aromatic N) is 2. The van der Waals surface area contributed by atoms with Crippen molar-refractivity contribution in [1.29, 1.82) is 0 Å². The highest BCUT2D eigenvalue weighted by atomic mass is 16.5. The summed E-state index contributed by atoms with van der Waals surface area (Å²) in [4.78, 5) is 16.3. The van der Waals surface area contributed by atoms with Crippen LogP contribution in [-0.4, -0.2) is 22.1 Å². The number of ether oxygens (including phenoxy) is 1. The maximum atomic E-state index is 11.6.